The van der Waals surface area contributed by atoms with Gasteiger partial charge in [-0.15, -0.1) is 0 Å². The summed E-state index contributed by atoms with van der Waals surface area (Å²) in [5, 5.41) is 10.9. The van der Waals surface area contributed by atoms with Crippen LogP contribution in [0.3, 0.4) is 0 Å². The molecule has 0 bridgehead atoms. The van der Waals surface area contributed by atoms with Gasteiger partial charge >= 0.3 is 0 Å². The van der Waals surface area contributed by atoms with E-state index in [-0.39, 0.29) is 16.6 Å². The molecule has 2 aromatic rings. The Morgan fingerprint density at radius 2 is 1.50 bits per heavy atom. The number of phenolic OH excluding ortho intramolecular Hbond substituents is 1. The molecule has 0 radical (unpaired) electrons. The Balaban J connectivity index is 2.74. The van der Waals surface area contributed by atoms with E-state index >= 15 is 0 Å². The van der Waals surface area contributed by atoms with E-state index in [0.29, 0.717) is 5.69 Å². The minimum Gasteiger partial charge on any atom is -0.505 e. The number of benzene rings is 2. The van der Waals surface area contributed by atoms with Gasteiger partial charge in [0.25, 0.3) is 0 Å². The maximum absolute atomic E-state index is 11.8. The van der Waals surface area contributed by atoms with E-state index in [4.69, 9.17) is 0 Å². The number of aromatic hydroxyl groups is 1. The summed E-state index contributed by atoms with van der Waals surface area (Å²) < 4.78 is 0. The van der Waals surface area contributed by atoms with Crippen molar-refractivity contribution in [2.75, 3.05) is 4.90 Å². The number of para-hydroxylation sites is 1. The Kier molecular flexibility index (Phi) is 4.75. The molecule has 0 aliphatic heterocycles. The van der Waals surface area contributed by atoms with Crippen molar-refractivity contribution in [2.45, 2.75) is 52.4 Å². The lowest BCUT2D eigenvalue weighted by Gasteiger charge is -2.29. The molecule has 2 rings (SSSR count). The van der Waals surface area contributed by atoms with E-state index in [1.165, 1.54) is 4.90 Å². The monoisotopic (exact) mass is 325 g/mol. The van der Waals surface area contributed by atoms with Crippen LogP contribution in [0.4, 0.5) is 11.4 Å². The van der Waals surface area contributed by atoms with E-state index in [0.717, 1.165) is 23.2 Å². The van der Waals surface area contributed by atoms with Crippen molar-refractivity contribution in [1.29, 1.82) is 0 Å². The SMILES string of the molecule is CC(C)(C)c1cc(N(C=O)c2ccccc2)c(O)c(C(C)(C)C)c1. The minimum atomic E-state index is -0.231. The molecule has 128 valence electrons. The summed E-state index contributed by atoms with van der Waals surface area (Å²) in [4.78, 5) is 13.3. The fourth-order valence-electron chi connectivity index (χ4n) is 2.65. The smallest absolute Gasteiger partial charge is 0.218 e. The maximum Gasteiger partial charge on any atom is 0.218 e. The first-order chi connectivity index (χ1) is 11.1. The summed E-state index contributed by atoms with van der Waals surface area (Å²) in [5.74, 6) is 0.159. The molecule has 0 saturated carbocycles. The number of hydrogen-bond acceptors (Lipinski definition) is 2. The molecule has 0 aliphatic carbocycles. The van der Waals surface area contributed by atoms with Crippen molar-refractivity contribution >= 4 is 17.8 Å². The van der Waals surface area contributed by atoms with Crippen molar-refractivity contribution in [3.8, 4) is 5.75 Å². The molecule has 0 fully saturated rings. The van der Waals surface area contributed by atoms with Crippen LogP contribution in [-0.2, 0) is 15.6 Å². The van der Waals surface area contributed by atoms with Crippen molar-refractivity contribution in [3.05, 3.63) is 53.6 Å². The predicted octanol–water partition coefficient (Wildman–Crippen LogP) is 5.28. The van der Waals surface area contributed by atoms with E-state index in [2.05, 4.69) is 41.5 Å². The van der Waals surface area contributed by atoms with Crippen LogP contribution < -0.4 is 4.90 Å². The Labute approximate surface area is 144 Å². The standard InChI is InChI=1S/C21H27NO2/c1-20(2,3)15-12-17(21(4,5)6)19(24)18(13-15)22(14-23)16-10-8-7-9-11-16/h7-14,24H,1-6H3. The maximum atomic E-state index is 11.8. The van der Waals surface area contributed by atoms with E-state index in [1.54, 1.807) is 0 Å². The molecule has 0 aromatic heterocycles. The zero-order valence-electron chi connectivity index (χ0n) is 15.4. The molecule has 1 N–H and O–H groups in total. The van der Waals surface area contributed by atoms with Gasteiger partial charge in [-0.05, 0) is 34.6 Å². The van der Waals surface area contributed by atoms with Crippen LogP contribution in [0.1, 0.15) is 52.7 Å². The van der Waals surface area contributed by atoms with E-state index in [9.17, 15) is 9.90 Å². The topological polar surface area (TPSA) is 40.5 Å². The molecular formula is C21H27NO2. The highest BCUT2D eigenvalue weighted by atomic mass is 16.3. The van der Waals surface area contributed by atoms with Crippen molar-refractivity contribution in [3.63, 3.8) is 0 Å². The minimum absolute atomic E-state index is 0.0896. The first-order valence-electron chi connectivity index (χ1n) is 8.23. The van der Waals surface area contributed by atoms with Crippen LogP contribution in [0, 0.1) is 0 Å². The molecule has 0 spiro atoms. The summed E-state index contributed by atoms with van der Waals surface area (Å²) in [6, 6.07) is 13.3. The third-order valence-electron chi connectivity index (χ3n) is 4.16. The second-order valence-electron chi connectivity index (χ2n) is 8.20. The van der Waals surface area contributed by atoms with Gasteiger partial charge in [-0.1, -0.05) is 65.8 Å². The van der Waals surface area contributed by atoms with Gasteiger partial charge in [0.05, 0.1) is 5.69 Å². The Morgan fingerprint density at radius 3 is 1.96 bits per heavy atom. The van der Waals surface area contributed by atoms with Crippen LogP contribution in [-0.4, -0.2) is 11.5 Å². The number of rotatable bonds is 3. The molecule has 2 aromatic carbocycles. The molecule has 0 unspecified atom stereocenters. The third-order valence-corrected chi connectivity index (χ3v) is 4.16. The van der Waals surface area contributed by atoms with Gasteiger partial charge in [-0.2, -0.15) is 0 Å². The summed E-state index contributed by atoms with van der Waals surface area (Å²) in [5.41, 5.74) is 2.86. The van der Waals surface area contributed by atoms with Crippen LogP contribution >= 0.6 is 0 Å². The molecule has 0 atom stereocenters. The van der Waals surface area contributed by atoms with Gasteiger partial charge in [-0.25, -0.2) is 0 Å². The number of carbonyl (C=O) groups excluding carboxylic acids is 1. The Morgan fingerprint density at radius 1 is 0.917 bits per heavy atom. The van der Waals surface area contributed by atoms with Crippen LogP contribution in [0.2, 0.25) is 0 Å². The second-order valence-corrected chi connectivity index (χ2v) is 8.20. The number of phenols is 1. The molecule has 3 nitrogen and oxygen atoms in total. The van der Waals surface area contributed by atoms with Gasteiger partial charge in [0, 0.05) is 11.3 Å². The third kappa shape index (κ3) is 3.61. The summed E-state index contributed by atoms with van der Waals surface area (Å²) >= 11 is 0. The lowest BCUT2D eigenvalue weighted by atomic mass is 9.79. The number of carbonyl (C=O) groups is 1. The number of hydrogen-bond donors (Lipinski definition) is 1. The zero-order valence-corrected chi connectivity index (χ0v) is 15.4. The highest BCUT2D eigenvalue weighted by molar-refractivity contribution is 5.89. The molecule has 0 saturated heterocycles. The van der Waals surface area contributed by atoms with Gasteiger partial charge in [0.15, 0.2) is 0 Å². The molecule has 3 heteroatoms. The van der Waals surface area contributed by atoms with Crippen molar-refractivity contribution < 1.29 is 9.90 Å². The second kappa shape index (κ2) is 6.31. The summed E-state index contributed by atoms with van der Waals surface area (Å²) in [6.07, 6.45) is 0.753. The first kappa shape index (κ1) is 18.1. The molecular weight excluding hydrogens is 298 g/mol. The van der Waals surface area contributed by atoms with Crippen LogP contribution in [0.25, 0.3) is 0 Å². The fraction of sp³-hybridized carbons (Fsp3) is 0.381. The van der Waals surface area contributed by atoms with Gasteiger partial charge in [0.2, 0.25) is 6.41 Å². The summed E-state index contributed by atoms with van der Waals surface area (Å²) in [7, 11) is 0. The van der Waals surface area contributed by atoms with Gasteiger partial charge in [-0.3, -0.25) is 9.69 Å². The normalized spacial score (nSPS) is 12.1. The van der Waals surface area contributed by atoms with E-state index in [1.807, 2.05) is 42.5 Å². The molecule has 1 amide bonds. The fourth-order valence-corrected chi connectivity index (χ4v) is 2.65. The molecule has 0 heterocycles. The molecule has 24 heavy (non-hydrogen) atoms. The van der Waals surface area contributed by atoms with E-state index < -0.39 is 0 Å². The predicted molar refractivity (Wildman–Crippen MR) is 100 cm³/mol. The van der Waals surface area contributed by atoms with Crippen molar-refractivity contribution in [2.24, 2.45) is 0 Å². The Hall–Kier alpha value is -2.29. The van der Waals surface area contributed by atoms with Crippen LogP contribution in [0.15, 0.2) is 42.5 Å². The lowest BCUT2D eigenvalue weighted by molar-refractivity contribution is -0.106. The average molecular weight is 325 g/mol. The summed E-state index contributed by atoms with van der Waals surface area (Å²) in [6.45, 7) is 12.6. The quantitative estimate of drug-likeness (QED) is 0.780. The highest BCUT2D eigenvalue weighted by Gasteiger charge is 2.27. The zero-order chi connectivity index (χ0) is 18.1. The van der Waals surface area contributed by atoms with Gasteiger partial charge < -0.3 is 5.11 Å². The highest BCUT2D eigenvalue weighted by Crippen LogP contribution is 2.43. The first-order valence-corrected chi connectivity index (χ1v) is 8.23. The van der Waals surface area contributed by atoms with Crippen molar-refractivity contribution in [1.82, 2.24) is 0 Å². The number of anilines is 2. The van der Waals surface area contributed by atoms with Gasteiger partial charge in [0.1, 0.15) is 5.75 Å². The van der Waals surface area contributed by atoms with Crippen LogP contribution in [0.5, 0.6) is 5.75 Å². The lowest BCUT2D eigenvalue weighted by Crippen LogP contribution is -2.20. The number of amides is 1. The average Bonchev–Trinajstić information content (AvgIpc) is 2.48. The number of nitrogens with zero attached hydrogens (tertiary/aromatic N) is 1. The largest absolute Gasteiger partial charge is 0.505 e. The Bertz CT molecular complexity index is 722. The molecule has 0 aliphatic rings.